The Morgan fingerprint density at radius 2 is 2.09 bits per heavy atom. The Morgan fingerprint density at radius 1 is 1.27 bits per heavy atom. The molecule has 3 rings (SSSR count). The summed E-state index contributed by atoms with van der Waals surface area (Å²) in [5.74, 6) is -0.147. The number of aromatic nitrogens is 2. The molecule has 0 bridgehead atoms. The van der Waals surface area contributed by atoms with E-state index in [1.54, 1.807) is 24.7 Å². The Morgan fingerprint density at radius 3 is 2.73 bits per heavy atom. The molecule has 0 fully saturated rings. The lowest BCUT2D eigenvalue weighted by atomic mass is 10.1. The van der Waals surface area contributed by atoms with E-state index in [2.05, 4.69) is 15.5 Å². The second-order valence-electron chi connectivity index (χ2n) is 4.63. The number of rotatable bonds is 4. The molecule has 0 saturated carbocycles. The minimum absolute atomic E-state index is 0.229. The minimum Gasteiger partial charge on any atom is -0.459 e. The van der Waals surface area contributed by atoms with Crippen LogP contribution in [0, 0.1) is 0 Å². The molecule has 0 spiro atoms. The number of hydrogen-bond acceptors (Lipinski definition) is 4. The second kappa shape index (κ2) is 6.09. The van der Waals surface area contributed by atoms with Crippen LogP contribution in [0.1, 0.15) is 23.0 Å². The van der Waals surface area contributed by atoms with Crippen LogP contribution < -0.4 is 5.43 Å². The van der Waals surface area contributed by atoms with Crippen molar-refractivity contribution >= 4 is 11.6 Å². The van der Waals surface area contributed by atoms with Crippen LogP contribution in [-0.2, 0) is 0 Å². The quantitative estimate of drug-likeness (QED) is 0.594. The number of benzene rings is 1. The van der Waals surface area contributed by atoms with Crippen molar-refractivity contribution < 1.29 is 9.21 Å². The van der Waals surface area contributed by atoms with E-state index >= 15 is 0 Å². The van der Waals surface area contributed by atoms with Crippen molar-refractivity contribution in [1.29, 1.82) is 0 Å². The molecule has 2 heterocycles. The van der Waals surface area contributed by atoms with Gasteiger partial charge in [-0.3, -0.25) is 4.79 Å². The van der Waals surface area contributed by atoms with E-state index in [-0.39, 0.29) is 11.7 Å². The largest absolute Gasteiger partial charge is 0.459 e. The highest BCUT2D eigenvalue weighted by molar-refractivity contribution is 6.00. The third-order valence-corrected chi connectivity index (χ3v) is 3.16. The van der Waals surface area contributed by atoms with E-state index in [0.29, 0.717) is 5.71 Å². The van der Waals surface area contributed by atoms with E-state index in [0.717, 1.165) is 11.3 Å². The van der Waals surface area contributed by atoms with E-state index in [9.17, 15) is 4.79 Å². The first-order valence-electron chi connectivity index (χ1n) is 6.71. The van der Waals surface area contributed by atoms with Gasteiger partial charge >= 0.3 is 5.91 Å². The molecule has 6 heteroatoms. The highest BCUT2D eigenvalue weighted by atomic mass is 16.3. The lowest BCUT2D eigenvalue weighted by molar-refractivity contribution is 0.0927. The van der Waals surface area contributed by atoms with Crippen LogP contribution in [0.15, 0.2) is 70.9 Å². The molecular weight excluding hydrogens is 280 g/mol. The molecule has 0 aliphatic heterocycles. The van der Waals surface area contributed by atoms with Crippen LogP contribution in [0.3, 0.4) is 0 Å². The van der Waals surface area contributed by atoms with Gasteiger partial charge in [0.25, 0.3) is 0 Å². The van der Waals surface area contributed by atoms with Gasteiger partial charge < -0.3 is 8.98 Å². The molecule has 0 aliphatic rings. The number of furan rings is 1. The minimum atomic E-state index is -0.376. The Bertz CT molecular complexity index is 772. The lowest BCUT2D eigenvalue weighted by Gasteiger charge is -2.05. The molecule has 0 aliphatic carbocycles. The van der Waals surface area contributed by atoms with Crippen molar-refractivity contribution in [3.63, 3.8) is 0 Å². The van der Waals surface area contributed by atoms with Gasteiger partial charge in [-0.1, -0.05) is 12.1 Å². The number of hydrazone groups is 1. The molecule has 2 aromatic heterocycles. The number of hydrogen-bond donors (Lipinski definition) is 1. The molecule has 110 valence electrons. The first-order chi connectivity index (χ1) is 10.7. The first kappa shape index (κ1) is 13.8. The van der Waals surface area contributed by atoms with Crippen molar-refractivity contribution in [3.8, 4) is 5.69 Å². The molecule has 22 heavy (non-hydrogen) atoms. The topological polar surface area (TPSA) is 72.4 Å². The summed E-state index contributed by atoms with van der Waals surface area (Å²) in [6, 6.07) is 11.0. The summed E-state index contributed by atoms with van der Waals surface area (Å²) in [6.07, 6.45) is 6.78. The summed E-state index contributed by atoms with van der Waals surface area (Å²) in [4.78, 5) is 15.7. The highest BCUT2D eigenvalue weighted by Gasteiger charge is 2.07. The predicted octanol–water partition coefficient (Wildman–Crippen LogP) is 2.62. The third kappa shape index (κ3) is 2.95. The van der Waals surface area contributed by atoms with Crippen LogP contribution in [0.5, 0.6) is 0 Å². The number of carbonyl (C=O) groups excluding carboxylic acids is 1. The molecule has 0 atom stereocenters. The molecule has 1 aromatic carbocycles. The van der Waals surface area contributed by atoms with E-state index in [4.69, 9.17) is 4.42 Å². The average molecular weight is 294 g/mol. The predicted molar refractivity (Wildman–Crippen MR) is 81.9 cm³/mol. The number of nitrogens with zero attached hydrogens (tertiary/aromatic N) is 3. The zero-order chi connectivity index (χ0) is 15.4. The molecule has 0 radical (unpaired) electrons. The van der Waals surface area contributed by atoms with Crippen molar-refractivity contribution in [2.75, 3.05) is 0 Å². The van der Waals surface area contributed by atoms with Crippen molar-refractivity contribution in [2.45, 2.75) is 6.92 Å². The Hall–Kier alpha value is -3.15. The van der Waals surface area contributed by atoms with Gasteiger partial charge in [-0.2, -0.15) is 5.10 Å². The van der Waals surface area contributed by atoms with Gasteiger partial charge in [0.05, 0.1) is 18.3 Å². The van der Waals surface area contributed by atoms with Gasteiger partial charge in [0.2, 0.25) is 0 Å². The van der Waals surface area contributed by atoms with Crippen LogP contribution in [0.25, 0.3) is 5.69 Å². The van der Waals surface area contributed by atoms with Crippen LogP contribution in [0.2, 0.25) is 0 Å². The first-order valence-corrected chi connectivity index (χ1v) is 6.71. The molecule has 3 aromatic rings. The number of nitrogens with one attached hydrogen (secondary N) is 1. The smallest absolute Gasteiger partial charge is 0.307 e. The Balaban J connectivity index is 1.70. The summed E-state index contributed by atoms with van der Waals surface area (Å²) in [6.45, 7) is 1.83. The summed E-state index contributed by atoms with van der Waals surface area (Å²) < 4.78 is 6.91. The van der Waals surface area contributed by atoms with Crippen molar-refractivity contribution in [1.82, 2.24) is 15.0 Å². The molecule has 6 nitrogen and oxygen atoms in total. The molecule has 0 saturated heterocycles. The molecule has 0 unspecified atom stereocenters. The Kier molecular flexibility index (Phi) is 3.82. The second-order valence-corrected chi connectivity index (χ2v) is 4.63. The molecule has 1 amide bonds. The number of amides is 1. The van der Waals surface area contributed by atoms with Crippen LogP contribution in [-0.4, -0.2) is 21.2 Å². The fourth-order valence-corrected chi connectivity index (χ4v) is 1.95. The van der Waals surface area contributed by atoms with E-state index in [1.165, 1.54) is 6.26 Å². The van der Waals surface area contributed by atoms with Crippen molar-refractivity contribution in [3.05, 3.63) is 72.7 Å². The van der Waals surface area contributed by atoms with Crippen LogP contribution >= 0.6 is 0 Å². The van der Waals surface area contributed by atoms with Gasteiger partial charge in [0.15, 0.2) is 5.76 Å². The maximum atomic E-state index is 11.7. The summed E-state index contributed by atoms with van der Waals surface area (Å²) >= 11 is 0. The van der Waals surface area contributed by atoms with Gasteiger partial charge in [0, 0.05) is 18.1 Å². The monoisotopic (exact) mass is 294 g/mol. The highest BCUT2D eigenvalue weighted by Crippen LogP contribution is 2.10. The maximum Gasteiger partial charge on any atom is 0.307 e. The SMILES string of the molecule is C/C(=N\NC(=O)c1ccco1)c1ccc(-n2ccnc2)cc1. The summed E-state index contributed by atoms with van der Waals surface area (Å²) in [5.41, 5.74) is 5.10. The third-order valence-electron chi connectivity index (χ3n) is 3.16. The van der Waals surface area contributed by atoms with Crippen LogP contribution in [0.4, 0.5) is 0 Å². The summed E-state index contributed by atoms with van der Waals surface area (Å²) in [5, 5.41) is 4.08. The fraction of sp³-hybridized carbons (Fsp3) is 0.0625. The van der Waals surface area contributed by atoms with Gasteiger partial charge in [-0.25, -0.2) is 10.4 Å². The zero-order valence-electron chi connectivity index (χ0n) is 11.9. The zero-order valence-corrected chi connectivity index (χ0v) is 11.9. The fourth-order valence-electron chi connectivity index (χ4n) is 1.95. The summed E-state index contributed by atoms with van der Waals surface area (Å²) in [7, 11) is 0. The molecular formula is C16H14N4O2. The Labute approximate surface area is 127 Å². The maximum absolute atomic E-state index is 11.7. The number of imidazole rings is 1. The van der Waals surface area contributed by atoms with E-state index in [1.807, 2.05) is 42.0 Å². The number of carbonyl (C=O) groups is 1. The average Bonchev–Trinajstić information content (AvgIpc) is 3.25. The normalized spacial score (nSPS) is 11.4. The van der Waals surface area contributed by atoms with Gasteiger partial charge in [0.1, 0.15) is 0 Å². The van der Waals surface area contributed by atoms with Crippen molar-refractivity contribution in [2.24, 2.45) is 5.10 Å². The standard InChI is InChI=1S/C16H14N4O2/c1-12(18-19-16(21)15-3-2-10-22-15)13-4-6-14(7-5-13)20-9-8-17-11-20/h2-11H,1H3,(H,19,21)/b18-12+. The van der Waals surface area contributed by atoms with Gasteiger partial charge in [-0.05, 0) is 36.8 Å². The lowest BCUT2D eigenvalue weighted by Crippen LogP contribution is -2.18. The van der Waals surface area contributed by atoms with E-state index < -0.39 is 0 Å². The van der Waals surface area contributed by atoms with Gasteiger partial charge in [-0.15, -0.1) is 0 Å². The molecule has 1 N–H and O–H groups in total.